The minimum absolute atomic E-state index is 0.428. The van der Waals surface area contributed by atoms with Crippen molar-refractivity contribution in [2.75, 3.05) is 10.6 Å². The van der Waals surface area contributed by atoms with Crippen LogP contribution in [0.15, 0.2) is 24.3 Å². The maximum atomic E-state index is 8.79. The smallest absolute Gasteiger partial charge is 0.127 e. The minimum atomic E-state index is 0.428. The summed E-state index contributed by atoms with van der Waals surface area (Å²) in [4.78, 5) is 9.18. The zero-order valence-corrected chi connectivity index (χ0v) is 17.9. The van der Waals surface area contributed by atoms with Crippen molar-refractivity contribution in [2.24, 2.45) is 5.73 Å². The van der Waals surface area contributed by atoms with Crippen molar-refractivity contribution in [1.29, 1.82) is 5.26 Å². The van der Waals surface area contributed by atoms with Crippen molar-refractivity contribution in [2.45, 2.75) is 64.5 Å². The van der Waals surface area contributed by atoms with E-state index in [2.05, 4.69) is 26.7 Å². The lowest BCUT2D eigenvalue weighted by atomic mass is 9.93. The number of nitriles is 1. The molecule has 2 aromatic rings. The van der Waals surface area contributed by atoms with Crippen molar-refractivity contribution >= 4 is 28.8 Å². The SMILES string of the molecule is Cc1cc(C#N)cc(NC2CCC2)n1.Cc1cc(C(N)=S)cc(NC2CCC2)n1. The number of aryl methyl sites for hydroxylation is 2. The van der Waals surface area contributed by atoms with Gasteiger partial charge in [0, 0.05) is 29.0 Å². The van der Waals surface area contributed by atoms with Gasteiger partial charge in [0.05, 0.1) is 11.6 Å². The van der Waals surface area contributed by atoms with Crippen molar-refractivity contribution < 1.29 is 0 Å². The molecule has 2 aromatic heterocycles. The molecule has 2 aliphatic carbocycles. The topological polar surface area (TPSA) is 99.7 Å². The van der Waals surface area contributed by atoms with Crippen LogP contribution in [0.1, 0.15) is 61.0 Å². The third-order valence-corrected chi connectivity index (χ3v) is 5.47. The Bertz CT molecular complexity index is 912. The molecule has 2 saturated carbocycles. The average Bonchev–Trinajstić information content (AvgIpc) is 2.61. The fraction of sp³-hybridized carbons (Fsp3) is 0.455. The number of rotatable bonds is 5. The van der Waals surface area contributed by atoms with Gasteiger partial charge in [0.25, 0.3) is 0 Å². The molecule has 0 unspecified atom stereocenters. The van der Waals surface area contributed by atoms with E-state index in [-0.39, 0.29) is 0 Å². The lowest BCUT2D eigenvalue weighted by Crippen LogP contribution is -2.27. The van der Waals surface area contributed by atoms with Gasteiger partial charge in [-0.2, -0.15) is 5.26 Å². The van der Waals surface area contributed by atoms with Crippen molar-refractivity contribution in [3.05, 3.63) is 46.8 Å². The number of pyridine rings is 2. The molecule has 0 aromatic carbocycles. The predicted octanol–water partition coefficient (Wildman–Crippen LogP) is 4.21. The molecule has 29 heavy (non-hydrogen) atoms. The highest BCUT2D eigenvalue weighted by Gasteiger charge is 2.18. The second-order valence-corrected chi connectivity index (χ2v) is 8.23. The summed E-state index contributed by atoms with van der Waals surface area (Å²) in [5.74, 6) is 1.73. The number of anilines is 2. The van der Waals surface area contributed by atoms with Gasteiger partial charge in [-0.25, -0.2) is 9.97 Å². The molecule has 0 spiro atoms. The molecule has 2 heterocycles. The summed E-state index contributed by atoms with van der Waals surface area (Å²) in [6.45, 7) is 3.86. The summed E-state index contributed by atoms with van der Waals surface area (Å²) in [6.07, 6.45) is 7.52. The maximum Gasteiger partial charge on any atom is 0.127 e. The first-order valence-electron chi connectivity index (χ1n) is 10.1. The van der Waals surface area contributed by atoms with Crippen molar-refractivity contribution in [3.63, 3.8) is 0 Å². The first-order chi connectivity index (χ1) is 13.9. The van der Waals surface area contributed by atoms with Gasteiger partial charge in [0.15, 0.2) is 0 Å². The third kappa shape index (κ3) is 6.13. The minimum Gasteiger partial charge on any atom is -0.389 e. The third-order valence-electron chi connectivity index (χ3n) is 5.23. The molecule has 0 radical (unpaired) electrons. The number of nitrogens with two attached hydrogens (primary N) is 1. The summed E-state index contributed by atoms with van der Waals surface area (Å²) < 4.78 is 0. The van der Waals surface area contributed by atoms with Gasteiger partial charge in [0.1, 0.15) is 16.6 Å². The van der Waals surface area contributed by atoms with Crippen LogP contribution in [0.3, 0.4) is 0 Å². The van der Waals surface area contributed by atoms with Gasteiger partial charge in [-0.05, 0) is 76.6 Å². The number of nitrogens with one attached hydrogen (secondary N) is 2. The molecule has 7 heteroatoms. The highest BCUT2D eigenvalue weighted by atomic mass is 32.1. The van der Waals surface area contributed by atoms with E-state index in [1.54, 1.807) is 6.07 Å². The Kier molecular flexibility index (Phi) is 6.99. The second kappa shape index (κ2) is 9.66. The van der Waals surface area contributed by atoms with E-state index in [0.29, 0.717) is 22.6 Å². The Balaban J connectivity index is 0.000000166. The molecule has 0 saturated heterocycles. The number of hydrogen-bond donors (Lipinski definition) is 3. The normalized spacial score (nSPS) is 15.8. The number of hydrogen-bond acceptors (Lipinski definition) is 6. The van der Waals surface area contributed by atoms with Gasteiger partial charge in [-0.15, -0.1) is 0 Å². The highest BCUT2D eigenvalue weighted by molar-refractivity contribution is 7.80. The van der Waals surface area contributed by atoms with Gasteiger partial charge in [-0.3, -0.25) is 0 Å². The van der Waals surface area contributed by atoms with Gasteiger partial charge in [-0.1, -0.05) is 12.2 Å². The molecule has 0 amide bonds. The standard InChI is InChI=1S/C11H15N3S.C11H13N3/c1-7-5-8(11(12)15)6-10(13-7)14-9-3-2-4-9;1-8-5-9(7-12)6-11(13-8)14-10-3-2-4-10/h5-6,9H,2-4H2,1H3,(H2,12,15)(H,13,14);5-6,10H,2-4H2,1H3,(H,13,14). The molecular formula is C22H28N6S. The zero-order valence-electron chi connectivity index (χ0n) is 17.0. The van der Waals surface area contributed by atoms with Gasteiger partial charge in [0.2, 0.25) is 0 Å². The molecule has 152 valence electrons. The lowest BCUT2D eigenvalue weighted by Gasteiger charge is -2.27. The number of thiocarbonyl (C=S) groups is 1. The summed E-state index contributed by atoms with van der Waals surface area (Å²) in [5.41, 5.74) is 9.01. The molecule has 0 aliphatic heterocycles. The molecule has 4 rings (SSSR count). The van der Waals surface area contributed by atoms with Crippen LogP contribution in [0.4, 0.5) is 11.6 Å². The molecular weight excluding hydrogens is 380 g/mol. The summed E-state index contributed by atoms with van der Waals surface area (Å²) >= 11 is 4.96. The quantitative estimate of drug-likeness (QED) is 0.637. The Morgan fingerprint density at radius 1 is 0.966 bits per heavy atom. The molecule has 0 bridgehead atoms. The number of aromatic nitrogens is 2. The van der Waals surface area contributed by atoms with Crippen LogP contribution in [0.5, 0.6) is 0 Å². The number of nitrogens with zero attached hydrogens (tertiary/aromatic N) is 3. The Labute approximate surface area is 177 Å². The van der Waals surface area contributed by atoms with Crippen LogP contribution in [0, 0.1) is 25.2 Å². The van der Waals surface area contributed by atoms with Crippen LogP contribution in [0.25, 0.3) is 0 Å². The van der Waals surface area contributed by atoms with E-state index in [0.717, 1.165) is 28.6 Å². The first kappa shape index (κ1) is 21.0. The Morgan fingerprint density at radius 2 is 1.48 bits per heavy atom. The predicted molar refractivity (Wildman–Crippen MR) is 121 cm³/mol. The molecule has 0 atom stereocenters. The molecule has 6 nitrogen and oxygen atoms in total. The second-order valence-electron chi connectivity index (χ2n) is 7.79. The zero-order chi connectivity index (χ0) is 20.8. The molecule has 2 aliphatic rings. The van der Waals surface area contributed by atoms with Gasteiger partial charge < -0.3 is 16.4 Å². The Hall–Kier alpha value is -2.72. The van der Waals surface area contributed by atoms with E-state index in [1.165, 1.54) is 38.5 Å². The van der Waals surface area contributed by atoms with Gasteiger partial charge >= 0.3 is 0 Å². The van der Waals surface area contributed by atoms with Crippen LogP contribution >= 0.6 is 12.2 Å². The van der Waals surface area contributed by atoms with E-state index in [4.69, 9.17) is 23.2 Å². The van der Waals surface area contributed by atoms with Crippen LogP contribution < -0.4 is 16.4 Å². The summed E-state index contributed by atoms with van der Waals surface area (Å²) in [6, 6.07) is 10.7. The van der Waals surface area contributed by atoms with E-state index in [1.807, 2.05) is 32.0 Å². The van der Waals surface area contributed by atoms with E-state index < -0.39 is 0 Å². The highest BCUT2D eigenvalue weighted by Crippen LogP contribution is 2.23. The lowest BCUT2D eigenvalue weighted by molar-refractivity contribution is 0.444. The van der Waals surface area contributed by atoms with Crippen LogP contribution in [0.2, 0.25) is 0 Å². The largest absolute Gasteiger partial charge is 0.389 e. The monoisotopic (exact) mass is 408 g/mol. The first-order valence-corrected chi connectivity index (χ1v) is 10.5. The fourth-order valence-electron chi connectivity index (χ4n) is 3.22. The van der Waals surface area contributed by atoms with E-state index in [9.17, 15) is 0 Å². The van der Waals surface area contributed by atoms with Crippen molar-refractivity contribution in [3.8, 4) is 6.07 Å². The molecule has 2 fully saturated rings. The fourth-order valence-corrected chi connectivity index (χ4v) is 3.33. The van der Waals surface area contributed by atoms with E-state index >= 15 is 0 Å². The Morgan fingerprint density at radius 3 is 1.93 bits per heavy atom. The van der Waals surface area contributed by atoms with Crippen molar-refractivity contribution in [1.82, 2.24) is 9.97 Å². The molecule has 4 N–H and O–H groups in total. The summed E-state index contributed by atoms with van der Waals surface area (Å²) in [7, 11) is 0. The maximum absolute atomic E-state index is 8.79. The van der Waals surface area contributed by atoms with Crippen LogP contribution in [-0.4, -0.2) is 27.0 Å². The summed E-state index contributed by atoms with van der Waals surface area (Å²) in [5, 5.41) is 15.5. The average molecular weight is 409 g/mol. The van der Waals surface area contributed by atoms with Crippen LogP contribution in [-0.2, 0) is 0 Å².